The van der Waals surface area contributed by atoms with Gasteiger partial charge >= 0.3 is 0 Å². The van der Waals surface area contributed by atoms with E-state index >= 15 is 0 Å². The molecule has 1 heterocycles. The molecule has 6 heteroatoms. The first-order chi connectivity index (χ1) is 13.1. The van der Waals surface area contributed by atoms with Gasteiger partial charge in [-0.05, 0) is 35.7 Å². The first kappa shape index (κ1) is 19.8. The summed E-state index contributed by atoms with van der Waals surface area (Å²) in [6.07, 6.45) is 0.949. The summed E-state index contributed by atoms with van der Waals surface area (Å²) in [5.41, 5.74) is 1.96. The third-order valence-corrected chi connectivity index (χ3v) is 5.14. The fourth-order valence-corrected chi connectivity index (χ4v) is 3.54. The number of morpholine rings is 1. The van der Waals surface area contributed by atoms with Crippen LogP contribution in [-0.4, -0.2) is 43.7 Å². The molecule has 2 aromatic carbocycles. The lowest BCUT2D eigenvalue weighted by Gasteiger charge is -2.35. The summed E-state index contributed by atoms with van der Waals surface area (Å²) in [6.45, 7) is 3.47. The third-order valence-electron chi connectivity index (χ3n) is 4.80. The summed E-state index contributed by atoms with van der Waals surface area (Å²) >= 11 is 6.41. The number of halogens is 2. The first-order valence-electron chi connectivity index (χ1n) is 9.21. The van der Waals surface area contributed by atoms with Crippen LogP contribution in [0.1, 0.15) is 23.6 Å². The van der Waals surface area contributed by atoms with Crippen LogP contribution in [0.15, 0.2) is 48.5 Å². The van der Waals surface area contributed by atoms with Gasteiger partial charge in [0.1, 0.15) is 5.82 Å². The molecule has 4 nitrogen and oxygen atoms in total. The normalized spacial score (nSPS) is 16.1. The highest BCUT2D eigenvalue weighted by Gasteiger charge is 2.24. The number of amides is 1. The van der Waals surface area contributed by atoms with Crippen molar-refractivity contribution in [2.75, 3.05) is 32.8 Å². The molecular weight excluding hydrogens is 367 g/mol. The monoisotopic (exact) mass is 390 g/mol. The molecule has 1 aliphatic heterocycles. The van der Waals surface area contributed by atoms with E-state index in [0.717, 1.165) is 24.2 Å². The number of benzene rings is 2. The minimum absolute atomic E-state index is 0.0115. The molecule has 1 amide bonds. The highest BCUT2D eigenvalue weighted by Crippen LogP contribution is 2.27. The molecule has 0 radical (unpaired) electrons. The molecule has 144 valence electrons. The van der Waals surface area contributed by atoms with Gasteiger partial charge in [-0.2, -0.15) is 0 Å². The second kappa shape index (κ2) is 9.83. The summed E-state index contributed by atoms with van der Waals surface area (Å²) in [7, 11) is 0. The molecular formula is C21H24ClFN2O2. The highest BCUT2D eigenvalue weighted by molar-refractivity contribution is 6.31. The maximum atomic E-state index is 13.0. The van der Waals surface area contributed by atoms with Crippen LogP contribution in [0.25, 0.3) is 0 Å². The number of aryl methyl sites for hydroxylation is 1. The minimum atomic E-state index is -0.267. The Balaban J connectivity index is 1.59. The van der Waals surface area contributed by atoms with E-state index in [9.17, 15) is 9.18 Å². The SMILES string of the molecule is O=C(CCc1ccc(F)cc1)NCC(c1ccccc1Cl)N1CCOCC1. The van der Waals surface area contributed by atoms with Gasteiger partial charge in [-0.1, -0.05) is 41.9 Å². The molecule has 0 aromatic heterocycles. The standard InChI is InChI=1S/C21H24ClFN2O2/c22-19-4-2-1-3-18(19)20(25-11-13-27-14-12-25)15-24-21(26)10-7-16-5-8-17(23)9-6-16/h1-6,8-9,20H,7,10-15H2,(H,24,26). The van der Waals surface area contributed by atoms with Gasteiger partial charge in [0.2, 0.25) is 5.91 Å². The number of carbonyl (C=O) groups excluding carboxylic acids is 1. The van der Waals surface area contributed by atoms with Gasteiger partial charge in [-0.3, -0.25) is 9.69 Å². The van der Waals surface area contributed by atoms with Crippen molar-refractivity contribution in [3.8, 4) is 0 Å². The fraction of sp³-hybridized carbons (Fsp3) is 0.381. The maximum absolute atomic E-state index is 13.0. The lowest BCUT2D eigenvalue weighted by atomic mass is 10.0. The second-order valence-electron chi connectivity index (χ2n) is 6.62. The van der Waals surface area contributed by atoms with Crippen molar-refractivity contribution in [2.45, 2.75) is 18.9 Å². The average Bonchev–Trinajstić information content (AvgIpc) is 2.70. The van der Waals surface area contributed by atoms with Gasteiger partial charge in [0, 0.05) is 31.1 Å². The molecule has 3 rings (SSSR count). The lowest BCUT2D eigenvalue weighted by molar-refractivity contribution is -0.121. The Morgan fingerprint density at radius 2 is 1.85 bits per heavy atom. The molecule has 1 saturated heterocycles. The zero-order valence-electron chi connectivity index (χ0n) is 15.2. The third kappa shape index (κ3) is 5.76. The van der Waals surface area contributed by atoms with Crippen LogP contribution in [0, 0.1) is 5.82 Å². The van der Waals surface area contributed by atoms with Gasteiger partial charge in [0.05, 0.1) is 19.3 Å². The van der Waals surface area contributed by atoms with E-state index in [4.69, 9.17) is 16.3 Å². The van der Waals surface area contributed by atoms with E-state index in [2.05, 4.69) is 10.2 Å². The maximum Gasteiger partial charge on any atom is 0.220 e. The number of hydrogen-bond acceptors (Lipinski definition) is 3. The van der Waals surface area contributed by atoms with Gasteiger partial charge in [-0.15, -0.1) is 0 Å². The summed E-state index contributed by atoms with van der Waals surface area (Å²) in [5.74, 6) is -0.291. The van der Waals surface area contributed by atoms with Gasteiger partial charge < -0.3 is 10.1 Å². The van der Waals surface area contributed by atoms with Crippen molar-refractivity contribution in [3.63, 3.8) is 0 Å². The minimum Gasteiger partial charge on any atom is -0.379 e. The predicted molar refractivity (Wildman–Crippen MR) is 104 cm³/mol. The predicted octanol–water partition coefficient (Wildman–Crippen LogP) is 3.60. The van der Waals surface area contributed by atoms with Crippen molar-refractivity contribution >= 4 is 17.5 Å². The largest absolute Gasteiger partial charge is 0.379 e. The number of rotatable bonds is 7. The molecule has 27 heavy (non-hydrogen) atoms. The highest BCUT2D eigenvalue weighted by atomic mass is 35.5. The lowest BCUT2D eigenvalue weighted by Crippen LogP contribution is -2.44. The Labute approximate surface area is 164 Å². The summed E-state index contributed by atoms with van der Waals surface area (Å²) < 4.78 is 18.4. The van der Waals surface area contributed by atoms with Crippen molar-refractivity contribution in [3.05, 3.63) is 70.5 Å². The molecule has 0 saturated carbocycles. The summed E-state index contributed by atoms with van der Waals surface area (Å²) in [6, 6.07) is 14.0. The van der Waals surface area contributed by atoms with Crippen LogP contribution < -0.4 is 5.32 Å². The Morgan fingerprint density at radius 1 is 1.15 bits per heavy atom. The Morgan fingerprint density at radius 3 is 2.56 bits per heavy atom. The quantitative estimate of drug-likeness (QED) is 0.785. The zero-order valence-corrected chi connectivity index (χ0v) is 15.9. The van der Waals surface area contributed by atoms with Crippen LogP contribution in [0.5, 0.6) is 0 Å². The first-order valence-corrected chi connectivity index (χ1v) is 9.58. The Kier molecular flexibility index (Phi) is 7.21. The summed E-state index contributed by atoms with van der Waals surface area (Å²) in [4.78, 5) is 14.6. The van der Waals surface area contributed by atoms with Crippen LogP contribution in [-0.2, 0) is 16.0 Å². The molecule has 1 unspecified atom stereocenters. The van der Waals surface area contributed by atoms with Gasteiger partial charge in [0.15, 0.2) is 0 Å². The number of nitrogens with one attached hydrogen (secondary N) is 1. The fourth-order valence-electron chi connectivity index (χ4n) is 3.28. The van der Waals surface area contributed by atoms with Crippen LogP contribution >= 0.6 is 11.6 Å². The van der Waals surface area contributed by atoms with Gasteiger partial charge in [-0.25, -0.2) is 4.39 Å². The molecule has 0 bridgehead atoms. The molecule has 2 aromatic rings. The number of ether oxygens (including phenoxy) is 1. The summed E-state index contributed by atoms with van der Waals surface area (Å²) in [5, 5.41) is 3.74. The molecule has 1 fully saturated rings. The molecule has 1 N–H and O–H groups in total. The van der Waals surface area contributed by atoms with E-state index in [0.29, 0.717) is 37.6 Å². The number of carbonyl (C=O) groups is 1. The molecule has 0 aliphatic carbocycles. The van der Waals surface area contributed by atoms with E-state index < -0.39 is 0 Å². The molecule has 0 spiro atoms. The van der Waals surface area contributed by atoms with E-state index in [-0.39, 0.29) is 17.8 Å². The Bertz CT molecular complexity index is 748. The van der Waals surface area contributed by atoms with Crippen molar-refractivity contribution in [1.82, 2.24) is 10.2 Å². The van der Waals surface area contributed by atoms with Crippen LogP contribution in [0.2, 0.25) is 5.02 Å². The topological polar surface area (TPSA) is 41.6 Å². The second-order valence-corrected chi connectivity index (χ2v) is 7.02. The van der Waals surface area contributed by atoms with E-state index in [1.54, 1.807) is 12.1 Å². The number of nitrogens with zero attached hydrogens (tertiary/aromatic N) is 1. The Hall–Kier alpha value is -1.95. The zero-order chi connectivity index (χ0) is 19.1. The molecule has 1 atom stereocenters. The average molecular weight is 391 g/mol. The molecule has 1 aliphatic rings. The smallest absolute Gasteiger partial charge is 0.220 e. The van der Waals surface area contributed by atoms with E-state index in [1.807, 2.05) is 24.3 Å². The van der Waals surface area contributed by atoms with Crippen molar-refractivity contribution in [1.29, 1.82) is 0 Å². The van der Waals surface area contributed by atoms with Crippen LogP contribution in [0.3, 0.4) is 0 Å². The number of hydrogen-bond donors (Lipinski definition) is 1. The van der Waals surface area contributed by atoms with Crippen molar-refractivity contribution < 1.29 is 13.9 Å². The van der Waals surface area contributed by atoms with Gasteiger partial charge in [0.25, 0.3) is 0 Å². The van der Waals surface area contributed by atoms with E-state index in [1.165, 1.54) is 12.1 Å². The van der Waals surface area contributed by atoms with Crippen molar-refractivity contribution in [2.24, 2.45) is 0 Å². The van der Waals surface area contributed by atoms with Crippen LogP contribution in [0.4, 0.5) is 4.39 Å².